The maximum Gasteiger partial charge on any atom is 0.240 e. The average molecular weight is 263 g/mol. The van der Waals surface area contributed by atoms with E-state index < -0.39 is 6.04 Å². The van der Waals surface area contributed by atoms with Crippen LogP contribution >= 0.6 is 0 Å². The zero-order valence-corrected chi connectivity index (χ0v) is 10.5. The quantitative estimate of drug-likeness (QED) is 0.666. The molecule has 0 aliphatic carbocycles. The number of phenols is 1. The minimum Gasteiger partial charge on any atom is -0.508 e. The summed E-state index contributed by atoms with van der Waals surface area (Å²) in [6, 6.07) is 5.90. The largest absolute Gasteiger partial charge is 0.508 e. The Balaban J connectivity index is 1.95. The zero-order valence-electron chi connectivity index (χ0n) is 10.5. The minimum atomic E-state index is -0.671. The number of hydrogen-bond donors (Lipinski definition) is 3. The maximum absolute atomic E-state index is 12.1. The summed E-state index contributed by atoms with van der Waals surface area (Å²) in [6.07, 6.45) is 0.386. The Bertz CT molecular complexity index is 473. The van der Waals surface area contributed by atoms with Gasteiger partial charge in [0.1, 0.15) is 5.75 Å². The Labute approximate surface area is 111 Å². The Morgan fingerprint density at radius 3 is 2.74 bits per heavy atom. The molecule has 1 heterocycles. The molecule has 2 rings (SSSR count). The van der Waals surface area contributed by atoms with Crippen molar-refractivity contribution in [3.8, 4) is 5.75 Å². The van der Waals surface area contributed by atoms with E-state index >= 15 is 0 Å². The van der Waals surface area contributed by atoms with Gasteiger partial charge in [0.05, 0.1) is 12.6 Å². The van der Waals surface area contributed by atoms with Crippen molar-refractivity contribution in [3.63, 3.8) is 0 Å². The second-order valence-corrected chi connectivity index (χ2v) is 4.59. The van der Waals surface area contributed by atoms with Gasteiger partial charge in [0.15, 0.2) is 0 Å². The van der Waals surface area contributed by atoms with Crippen molar-refractivity contribution in [2.45, 2.75) is 12.5 Å². The van der Waals surface area contributed by atoms with Crippen molar-refractivity contribution in [3.05, 3.63) is 29.8 Å². The number of aromatic hydroxyl groups is 1. The van der Waals surface area contributed by atoms with Crippen LogP contribution in [0.2, 0.25) is 0 Å². The Morgan fingerprint density at radius 2 is 2.11 bits per heavy atom. The number of phenolic OH excluding ortho intramolecular Hbond substituents is 1. The van der Waals surface area contributed by atoms with Crippen molar-refractivity contribution < 1.29 is 14.7 Å². The third-order valence-corrected chi connectivity index (χ3v) is 3.06. The van der Waals surface area contributed by atoms with E-state index in [1.54, 1.807) is 24.3 Å². The topological polar surface area (TPSA) is 95.7 Å². The number of carbonyl (C=O) groups excluding carboxylic acids is 2. The van der Waals surface area contributed by atoms with Gasteiger partial charge < -0.3 is 21.1 Å². The Hall–Kier alpha value is -2.08. The third-order valence-electron chi connectivity index (χ3n) is 3.06. The Morgan fingerprint density at radius 1 is 1.42 bits per heavy atom. The lowest BCUT2D eigenvalue weighted by Gasteiger charge is -2.28. The van der Waals surface area contributed by atoms with Gasteiger partial charge in [-0.25, -0.2) is 0 Å². The average Bonchev–Trinajstić information content (AvgIpc) is 2.40. The van der Waals surface area contributed by atoms with E-state index in [0.29, 0.717) is 19.5 Å². The number of amides is 2. The molecule has 2 amide bonds. The van der Waals surface area contributed by atoms with Crippen LogP contribution in [0.15, 0.2) is 24.3 Å². The van der Waals surface area contributed by atoms with Crippen LogP contribution in [0.25, 0.3) is 0 Å². The molecule has 1 aliphatic heterocycles. The standard InChI is InChI=1S/C13H17N3O3/c14-11(7-9-1-3-10(17)4-2-9)13(19)16-6-5-15-12(18)8-16/h1-4,11,17H,5-8,14H2,(H,15,18)/t11-/m1/s1. The number of nitrogens with one attached hydrogen (secondary N) is 1. The number of nitrogens with zero attached hydrogens (tertiary/aromatic N) is 1. The molecule has 6 heteroatoms. The number of hydrogen-bond acceptors (Lipinski definition) is 4. The van der Waals surface area contributed by atoms with Crippen molar-refractivity contribution in [2.24, 2.45) is 5.73 Å². The van der Waals surface area contributed by atoms with E-state index in [4.69, 9.17) is 5.73 Å². The molecular weight excluding hydrogens is 246 g/mol. The summed E-state index contributed by atoms with van der Waals surface area (Å²) in [4.78, 5) is 24.8. The summed E-state index contributed by atoms with van der Waals surface area (Å²) >= 11 is 0. The fraction of sp³-hybridized carbons (Fsp3) is 0.385. The summed E-state index contributed by atoms with van der Waals surface area (Å²) in [6.45, 7) is 1.03. The highest BCUT2D eigenvalue weighted by Gasteiger charge is 2.25. The van der Waals surface area contributed by atoms with Crippen LogP contribution in [0.4, 0.5) is 0 Å². The van der Waals surface area contributed by atoms with Gasteiger partial charge in [-0.2, -0.15) is 0 Å². The highest BCUT2D eigenvalue weighted by atomic mass is 16.3. The summed E-state index contributed by atoms with van der Waals surface area (Å²) in [5.74, 6) is -0.198. The molecule has 1 aromatic carbocycles. The van der Waals surface area contributed by atoms with E-state index in [9.17, 15) is 14.7 Å². The van der Waals surface area contributed by atoms with Crippen molar-refractivity contribution in [1.82, 2.24) is 10.2 Å². The normalized spacial score (nSPS) is 16.9. The fourth-order valence-electron chi connectivity index (χ4n) is 2.03. The van der Waals surface area contributed by atoms with Crippen LogP contribution in [0, 0.1) is 0 Å². The molecule has 1 aromatic rings. The second-order valence-electron chi connectivity index (χ2n) is 4.59. The van der Waals surface area contributed by atoms with Gasteiger partial charge in [-0.15, -0.1) is 0 Å². The Kier molecular flexibility index (Phi) is 4.01. The van der Waals surface area contributed by atoms with Crippen LogP contribution in [-0.2, 0) is 16.0 Å². The fourth-order valence-corrected chi connectivity index (χ4v) is 2.03. The van der Waals surface area contributed by atoms with Crippen LogP contribution in [-0.4, -0.2) is 47.5 Å². The molecule has 1 atom stereocenters. The molecule has 1 aliphatic rings. The highest BCUT2D eigenvalue weighted by molar-refractivity contribution is 5.88. The molecule has 0 saturated carbocycles. The predicted octanol–water partition coefficient (Wildman–Crippen LogP) is -0.780. The first kappa shape index (κ1) is 13.4. The lowest BCUT2D eigenvalue weighted by atomic mass is 10.1. The second kappa shape index (κ2) is 5.71. The number of nitrogens with two attached hydrogens (primary N) is 1. The molecule has 0 bridgehead atoms. The van der Waals surface area contributed by atoms with Crippen molar-refractivity contribution in [2.75, 3.05) is 19.6 Å². The number of carbonyl (C=O) groups is 2. The molecule has 102 valence electrons. The van der Waals surface area contributed by atoms with Crippen LogP contribution in [0.1, 0.15) is 5.56 Å². The zero-order chi connectivity index (χ0) is 13.8. The van der Waals surface area contributed by atoms with E-state index in [1.807, 2.05) is 0 Å². The lowest BCUT2D eigenvalue weighted by Crippen LogP contribution is -2.54. The van der Waals surface area contributed by atoms with Gasteiger partial charge >= 0.3 is 0 Å². The van der Waals surface area contributed by atoms with Gasteiger partial charge in [-0.3, -0.25) is 9.59 Å². The molecule has 0 radical (unpaired) electrons. The van der Waals surface area contributed by atoms with E-state index in [0.717, 1.165) is 5.56 Å². The molecule has 0 spiro atoms. The van der Waals surface area contributed by atoms with Gasteiger partial charge in [0.2, 0.25) is 11.8 Å². The van der Waals surface area contributed by atoms with Gasteiger partial charge in [-0.1, -0.05) is 12.1 Å². The van der Waals surface area contributed by atoms with Gasteiger partial charge in [0, 0.05) is 13.1 Å². The van der Waals surface area contributed by atoms with E-state index in [2.05, 4.69) is 5.32 Å². The number of benzene rings is 1. The lowest BCUT2D eigenvalue weighted by molar-refractivity contribution is -0.139. The number of rotatable bonds is 3. The van der Waals surface area contributed by atoms with Crippen molar-refractivity contribution >= 4 is 11.8 Å². The van der Waals surface area contributed by atoms with Gasteiger partial charge in [0.25, 0.3) is 0 Å². The summed E-state index contributed by atoms with van der Waals surface area (Å²) in [7, 11) is 0. The third kappa shape index (κ3) is 3.45. The maximum atomic E-state index is 12.1. The van der Waals surface area contributed by atoms with Crippen molar-refractivity contribution in [1.29, 1.82) is 0 Å². The predicted molar refractivity (Wildman–Crippen MR) is 69.4 cm³/mol. The highest BCUT2D eigenvalue weighted by Crippen LogP contribution is 2.11. The molecular formula is C13H17N3O3. The molecule has 0 unspecified atom stereocenters. The minimum absolute atomic E-state index is 0.0715. The molecule has 1 fully saturated rings. The van der Waals surface area contributed by atoms with Crippen LogP contribution in [0.3, 0.4) is 0 Å². The van der Waals surface area contributed by atoms with E-state index in [1.165, 1.54) is 4.90 Å². The first-order valence-corrected chi connectivity index (χ1v) is 6.15. The molecule has 19 heavy (non-hydrogen) atoms. The summed E-state index contributed by atoms with van der Waals surface area (Å²) < 4.78 is 0. The van der Waals surface area contributed by atoms with Crippen LogP contribution in [0.5, 0.6) is 5.75 Å². The molecule has 4 N–H and O–H groups in total. The van der Waals surface area contributed by atoms with Crippen LogP contribution < -0.4 is 11.1 Å². The first-order valence-electron chi connectivity index (χ1n) is 6.15. The smallest absolute Gasteiger partial charge is 0.240 e. The summed E-state index contributed by atoms with van der Waals surface area (Å²) in [5.41, 5.74) is 6.75. The van der Waals surface area contributed by atoms with E-state index in [-0.39, 0.29) is 24.1 Å². The molecule has 6 nitrogen and oxygen atoms in total. The van der Waals surface area contributed by atoms with Gasteiger partial charge in [-0.05, 0) is 24.1 Å². The number of piperazine rings is 1. The molecule has 1 saturated heterocycles. The first-order chi connectivity index (χ1) is 9.06. The SMILES string of the molecule is N[C@H](Cc1ccc(O)cc1)C(=O)N1CCNC(=O)C1. The monoisotopic (exact) mass is 263 g/mol. The summed E-state index contributed by atoms with van der Waals surface area (Å²) in [5, 5.41) is 11.8. The molecule has 0 aromatic heterocycles.